The zero-order chi connectivity index (χ0) is 14.0. The molecule has 0 saturated carbocycles. The van der Waals surface area contributed by atoms with Crippen molar-refractivity contribution in [3.05, 3.63) is 24.3 Å². The number of rotatable bonds is 1. The van der Waals surface area contributed by atoms with Crippen molar-refractivity contribution in [2.45, 2.75) is 13.0 Å². The number of hydrogen-bond donors (Lipinski definition) is 3. The minimum atomic E-state index is -0.688. The third-order valence-corrected chi connectivity index (χ3v) is 2.85. The normalized spacial score (nSPS) is 19.0. The van der Waals surface area contributed by atoms with Crippen molar-refractivity contribution >= 4 is 29.2 Å². The van der Waals surface area contributed by atoms with Crippen LogP contribution in [0.3, 0.4) is 0 Å². The van der Waals surface area contributed by atoms with Gasteiger partial charge in [-0.3, -0.25) is 14.9 Å². The maximum atomic E-state index is 12.0. The Morgan fingerprint density at radius 2 is 2.00 bits per heavy atom. The van der Waals surface area contributed by atoms with Gasteiger partial charge in [0, 0.05) is 11.4 Å². The number of carbonyl (C=O) groups excluding carboxylic acids is 3. The van der Waals surface area contributed by atoms with Crippen molar-refractivity contribution in [2.75, 3.05) is 17.6 Å². The molecule has 1 unspecified atom stereocenters. The summed E-state index contributed by atoms with van der Waals surface area (Å²) in [4.78, 5) is 35.9. The summed E-state index contributed by atoms with van der Waals surface area (Å²) in [7, 11) is 0. The summed E-state index contributed by atoms with van der Waals surface area (Å²) in [5, 5.41) is 4.78. The fourth-order valence-corrected chi connectivity index (χ4v) is 1.72. The lowest BCUT2D eigenvalue weighted by Crippen LogP contribution is -2.59. The summed E-state index contributed by atoms with van der Waals surface area (Å²) in [6.07, 6.45) is 0. The standard InChI is InChI=1S/C12H14N4O3/c1-7-11(18)15-10(17)6-16(7)12(19)14-9-4-2-8(13)3-5-9/h2-5,7H,6,13H2,1H3,(H,14,19)(H,15,17,18). The largest absolute Gasteiger partial charge is 0.399 e. The summed E-state index contributed by atoms with van der Waals surface area (Å²) in [5.41, 5.74) is 6.67. The molecular weight excluding hydrogens is 248 g/mol. The molecule has 1 heterocycles. The van der Waals surface area contributed by atoms with Gasteiger partial charge in [-0.25, -0.2) is 4.79 Å². The third-order valence-electron chi connectivity index (χ3n) is 2.85. The van der Waals surface area contributed by atoms with Crippen LogP contribution in [0.4, 0.5) is 16.2 Å². The molecule has 4 amide bonds. The summed E-state index contributed by atoms with van der Waals surface area (Å²) in [6.45, 7) is 1.41. The molecule has 0 aromatic heterocycles. The number of nitrogens with two attached hydrogens (primary N) is 1. The van der Waals surface area contributed by atoms with Crippen molar-refractivity contribution in [1.29, 1.82) is 0 Å². The highest BCUT2D eigenvalue weighted by atomic mass is 16.2. The first-order chi connectivity index (χ1) is 8.97. The van der Waals surface area contributed by atoms with E-state index >= 15 is 0 Å². The second-order valence-corrected chi connectivity index (χ2v) is 4.27. The predicted molar refractivity (Wildman–Crippen MR) is 69.2 cm³/mol. The minimum Gasteiger partial charge on any atom is -0.399 e. The van der Waals surface area contributed by atoms with Crippen molar-refractivity contribution < 1.29 is 14.4 Å². The highest BCUT2D eigenvalue weighted by molar-refractivity contribution is 6.05. The lowest BCUT2D eigenvalue weighted by Gasteiger charge is -2.31. The van der Waals surface area contributed by atoms with Crippen LogP contribution in [0.5, 0.6) is 0 Å². The predicted octanol–water partition coefficient (Wildman–Crippen LogP) is 0.148. The molecule has 1 aromatic rings. The van der Waals surface area contributed by atoms with E-state index in [0.29, 0.717) is 11.4 Å². The van der Waals surface area contributed by atoms with Crippen molar-refractivity contribution in [3.8, 4) is 0 Å². The summed E-state index contributed by atoms with van der Waals surface area (Å²) >= 11 is 0. The monoisotopic (exact) mass is 262 g/mol. The number of piperazine rings is 1. The molecule has 0 spiro atoms. The number of nitrogen functional groups attached to an aromatic ring is 1. The van der Waals surface area contributed by atoms with Crippen LogP contribution >= 0.6 is 0 Å². The molecule has 0 radical (unpaired) electrons. The van der Waals surface area contributed by atoms with Gasteiger partial charge in [0.2, 0.25) is 11.8 Å². The van der Waals surface area contributed by atoms with Crippen LogP contribution in [0.2, 0.25) is 0 Å². The second-order valence-electron chi connectivity index (χ2n) is 4.27. The Morgan fingerprint density at radius 3 is 2.63 bits per heavy atom. The molecule has 1 atom stereocenters. The van der Waals surface area contributed by atoms with E-state index in [1.54, 1.807) is 31.2 Å². The van der Waals surface area contributed by atoms with E-state index in [1.807, 2.05) is 0 Å². The van der Waals surface area contributed by atoms with Crippen LogP contribution < -0.4 is 16.4 Å². The molecule has 4 N–H and O–H groups in total. The van der Waals surface area contributed by atoms with Gasteiger partial charge in [-0.1, -0.05) is 0 Å². The smallest absolute Gasteiger partial charge is 0.322 e. The molecule has 100 valence electrons. The molecule has 0 bridgehead atoms. The average molecular weight is 262 g/mol. The fraction of sp³-hybridized carbons (Fsp3) is 0.250. The van der Waals surface area contributed by atoms with Gasteiger partial charge in [0.15, 0.2) is 0 Å². The molecule has 7 heteroatoms. The Labute approximate surface area is 109 Å². The van der Waals surface area contributed by atoms with Gasteiger partial charge >= 0.3 is 6.03 Å². The SMILES string of the molecule is CC1C(=O)NC(=O)CN1C(=O)Nc1ccc(N)cc1. The molecule has 1 fully saturated rings. The van der Waals surface area contributed by atoms with Gasteiger partial charge < -0.3 is 16.0 Å². The zero-order valence-electron chi connectivity index (χ0n) is 10.3. The maximum Gasteiger partial charge on any atom is 0.322 e. The lowest BCUT2D eigenvalue weighted by molar-refractivity contribution is -0.137. The van der Waals surface area contributed by atoms with Crippen molar-refractivity contribution in [3.63, 3.8) is 0 Å². The van der Waals surface area contributed by atoms with Gasteiger partial charge in [-0.05, 0) is 31.2 Å². The van der Waals surface area contributed by atoms with Gasteiger partial charge in [0.25, 0.3) is 0 Å². The minimum absolute atomic E-state index is 0.145. The van der Waals surface area contributed by atoms with Gasteiger partial charge in [0.1, 0.15) is 12.6 Å². The zero-order valence-corrected chi connectivity index (χ0v) is 10.3. The van der Waals surface area contributed by atoms with E-state index in [0.717, 1.165) is 0 Å². The second kappa shape index (κ2) is 4.97. The van der Waals surface area contributed by atoms with Gasteiger partial charge in [-0.2, -0.15) is 0 Å². The highest BCUT2D eigenvalue weighted by Crippen LogP contribution is 2.13. The summed E-state index contributed by atoms with van der Waals surface area (Å²) in [5.74, 6) is -0.973. The highest BCUT2D eigenvalue weighted by Gasteiger charge is 2.33. The van der Waals surface area contributed by atoms with E-state index in [2.05, 4.69) is 10.6 Å². The van der Waals surface area contributed by atoms with Crippen LogP contribution in [0, 0.1) is 0 Å². The number of amides is 4. The van der Waals surface area contributed by atoms with E-state index in [4.69, 9.17) is 5.73 Å². The first-order valence-electron chi connectivity index (χ1n) is 5.74. The number of imide groups is 1. The molecule has 1 saturated heterocycles. The number of anilines is 2. The lowest BCUT2D eigenvalue weighted by atomic mass is 10.2. The molecule has 1 aliphatic heterocycles. The first kappa shape index (κ1) is 12.9. The first-order valence-corrected chi connectivity index (χ1v) is 5.74. The molecule has 19 heavy (non-hydrogen) atoms. The Morgan fingerprint density at radius 1 is 1.37 bits per heavy atom. The quantitative estimate of drug-likeness (QED) is 0.495. The van der Waals surface area contributed by atoms with E-state index < -0.39 is 23.9 Å². The molecule has 1 aliphatic rings. The van der Waals surface area contributed by atoms with Gasteiger partial charge in [0.05, 0.1) is 0 Å². The Balaban J connectivity index is 2.08. The maximum absolute atomic E-state index is 12.0. The molecule has 7 nitrogen and oxygen atoms in total. The van der Waals surface area contributed by atoms with Crippen LogP contribution in [-0.4, -0.2) is 35.3 Å². The van der Waals surface area contributed by atoms with E-state index in [9.17, 15) is 14.4 Å². The number of nitrogens with one attached hydrogen (secondary N) is 2. The van der Waals surface area contributed by atoms with Gasteiger partial charge in [-0.15, -0.1) is 0 Å². The van der Waals surface area contributed by atoms with Crippen LogP contribution in [0.15, 0.2) is 24.3 Å². The number of carbonyl (C=O) groups is 3. The topological polar surface area (TPSA) is 105 Å². The van der Waals surface area contributed by atoms with E-state index in [1.165, 1.54) is 4.90 Å². The Bertz CT molecular complexity index is 526. The summed E-state index contributed by atoms with van der Waals surface area (Å²) < 4.78 is 0. The number of urea groups is 1. The third kappa shape index (κ3) is 2.82. The fourth-order valence-electron chi connectivity index (χ4n) is 1.72. The number of benzene rings is 1. The molecule has 0 aliphatic carbocycles. The van der Waals surface area contributed by atoms with Crippen molar-refractivity contribution in [2.24, 2.45) is 0 Å². The van der Waals surface area contributed by atoms with E-state index in [-0.39, 0.29) is 6.54 Å². The summed E-state index contributed by atoms with van der Waals surface area (Å²) in [6, 6.07) is 5.39. The average Bonchev–Trinajstić information content (AvgIpc) is 2.36. The van der Waals surface area contributed by atoms with Crippen LogP contribution in [0.25, 0.3) is 0 Å². The molecule has 2 rings (SSSR count). The molecule has 1 aromatic carbocycles. The molecular formula is C12H14N4O3. The number of nitrogens with zero attached hydrogens (tertiary/aromatic N) is 1. The van der Waals surface area contributed by atoms with Crippen LogP contribution in [-0.2, 0) is 9.59 Å². The van der Waals surface area contributed by atoms with Crippen molar-refractivity contribution in [1.82, 2.24) is 10.2 Å². The van der Waals surface area contributed by atoms with Crippen LogP contribution in [0.1, 0.15) is 6.92 Å². The Hall–Kier alpha value is -2.57. The number of hydrogen-bond acceptors (Lipinski definition) is 4. The Kier molecular flexibility index (Phi) is 3.37.